The van der Waals surface area contributed by atoms with Gasteiger partial charge < -0.3 is 9.47 Å². The summed E-state index contributed by atoms with van der Waals surface area (Å²) >= 11 is 1.10. The van der Waals surface area contributed by atoms with Gasteiger partial charge in [0.25, 0.3) is 10.0 Å². The van der Waals surface area contributed by atoms with Crippen LogP contribution < -0.4 is 19.1 Å². The topological polar surface area (TPSA) is 86.6 Å². The third-order valence-corrected chi connectivity index (χ3v) is 6.50. The number of ether oxygens (including phenoxy) is 2. The van der Waals surface area contributed by atoms with E-state index in [-0.39, 0.29) is 15.8 Å². The Morgan fingerprint density at radius 3 is 2.56 bits per heavy atom. The maximum Gasteiger partial charge on any atom is 0.308 e. The molecule has 1 N–H and O–H groups in total. The molecule has 142 valence electrons. The van der Waals surface area contributed by atoms with E-state index in [0.29, 0.717) is 30.4 Å². The summed E-state index contributed by atoms with van der Waals surface area (Å²) in [5, 5.41) is 0. The van der Waals surface area contributed by atoms with Gasteiger partial charge in [-0.3, -0.25) is 14.1 Å². The summed E-state index contributed by atoms with van der Waals surface area (Å²) in [6, 6.07) is 9.63. The third-order valence-electron chi connectivity index (χ3n) is 4.21. The molecule has 1 aliphatic rings. The molecule has 0 aliphatic carbocycles. The second-order valence-corrected chi connectivity index (χ2v) is 9.10. The molecule has 0 radical (unpaired) electrons. The van der Waals surface area contributed by atoms with Crippen LogP contribution in [-0.2, 0) is 10.0 Å². The molecule has 3 aromatic rings. The van der Waals surface area contributed by atoms with Crippen LogP contribution >= 0.6 is 11.3 Å². The number of hydrogen-bond acceptors (Lipinski definition) is 6. The number of nitrogens with zero attached hydrogens (tertiary/aromatic N) is 1. The Bertz CT molecular complexity index is 1180. The highest BCUT2D eigenvalue weighted by molar-refractivity contribution is 7.92. The first-order chi connectivity index (χ1) is 12.8. The zero-order valence-electron chi connectivity index (χ0n) is 14.8. The van der Waals surface area contributed by atoms with Crippen molar-refractivity contribution in [2.45, 2.75) is 24.8 Å². The lowest BCUT2D eigenvalue weighted by molar-refractivity contribution is 0.171. The minimum absolute atomic E-state index is 0.0338. The van der Waals surface area contributed by atoms with Gasteiger partial charge in [-0.15, -0.1) is 0 Å². The van der Waals surface area contributed by atoms with Crippen molar-refractivity contribution >= 4 is 37.3 Å². The molecule has 0 bridgehead atoms. The number of nitrogens with one attached hydrogen (secondary N) is 1. The fourth-order valence-electron chi connectivity index (χ4n) is 2.99. The molecule has 9 heteroatoms. The quantitative estimate of drug-likeness (QED) is 0.719. The number of thiazole rings is 1. The van der Waals surface area contributed by atoms with Crippen molar-refractivity contribution in [2.75, 3.05) is 17.9 Å². The number of benzene rings is 2. The summed E-state index contributed by atoms with van der Waals surface area (Å²) in [6.07, 6.45) is 0. The van der Waals surface area contributed by atoms with Gasteiger partial charge in [-0.25, -0.2) is 8.42 Å². The normalized spacial score (nSPS) is 13.9. The van der Waals surface area contributed by atoms with Crippen LogP contribution in [0.25, 0.3) is 10.2 Å². The molecular formula is C18H18N2O5S2. The van der Waals surface area contributed by atoms with Crippen LogP contribution in [0.15, 0.2) is 46.1 Å². The van der Waals surface area contributed by atoms with Crippen LogP contribution in [0.5, 0.6) is 11.5 Å². The van der Waals surface area contributed by atoms with Crippen molar-refractivity contribution in [1.29, 1.82) is 0 Å². The average Bonchev–Trinajstić information content (AvgIpc) is 2.96. The van der Waals surface area contributed by atoms with Crippen molar-refractivity contribution in [1.82, 2.24) is 4.57 Å². The van der Waals surface area contributed by atoms with E-state index in [1.807, 2.05) is 13.8 Å². The molecule has 1 aliphatic heterocycles. The van der Waals surface area contributed by atoms with Gasteiger partial charge in [-0.2, -0.15) is 0 Å². The monoisotopic (exact) mass is 406 g/mol. The van der Waals surface area contributed by atoms with E-state index in [9.17, 15) is 13.2 Å². The van der Waals surface area contributed by atoms with Gasteiger partial charge in [0.2, 0.25) is 0 Å². The number of fused-ring (bicyclic) bond motifs is 2. The van der Waals surface area contributed by atoms with Gasteiger partial charge >= 0.3 is 4.87 Å². The summed E-state index contributed by atoms with van der Waals surface area (Å²) in [7, 11) is -3.80. The molecule has 0 fully saturated rings. The second-order valence-electron chi connectivity index (χ2n) is 6.43. The smallest absolute Gasteiger partial charge is 0.308 e. The first kappa shape index (κ1) is 17.9. The zero-order valence-corrected chi connectivity index (χ0v) is 16.4. The molecule has 2 heterocycles. The Morgan fingerprint density at radius 2 is 1.81 bits per heavy atom. The lowest BCUT2D eigenvalue weighted by Gasteiger charge is -2.19. The number of rotatable bonds is 4. The predicted octanol–water partition coefficient (Wildman–Crippen LogP) is 3.22. The Balaban J connectivity index is 1.67. The van der Waals surface area contributed by atoms with E-state index in [1.165, 1.54) is 12.1 Å². The van der Waals surface area contributed by atoms with Crippen LogP contribution in [0.3, 0.4) is 0 Å². The molecule has 0 amide bonds. The summed E-state index contributed by atoms with van der Waals surface area (Å²) < 4.78 is 41.3. The second kappa shape index (κ2) is 6.58. The van der Waals surface area contributed by atoms with Crippen LogP contribution in [-0.4, -0.2) is 26.2 Å². The molecule has 7 nitrogen and oxygen atoms in total. The molecule has 0 atom stereocenters. The number of aromatic nitrogens is 1. The van der Waals surface area contributed by atoms with Crippen LogP contribution in [0.1, 0.15) is 19.9 Å². The van der Waals surface area contributed by atoms with Gasteiger partial charge in [0.15, 0.2) is 11.5 Å². The van der Waals surface area contributed by atoms with Gasteiger partial charge in [0, 0.05) is 12.1 Å². The summed E-state index contributed by atoms with van der Waals surface area (Å²) in [5.74, 6) is 0.938. The Morgan fingerprint density at radius 1 is 1.07 bits per heavy atom. The van der Waals surface area contributed by atoms with E-state index in [0.717, 1.165) is 21.6 Å². The number of hydrogen-bond donors (Lipinski definition) is 1. The molecule has 2 aromatic carbocycles. The third kappa shape index (κ3) is 3.28. The van der Waals surface area contributed by atoms with Crippen molar-refractivity contribution in [3.05, 3.63) is 46.1 Å². The number of anilines is 1. The highest BCUT2D eigenvalue weighted by Gasteiger charge is 2.20. The van der Waals surface area contributed by atoms with E-state index in [1.54, 1.807) is 28.8 Å². The Kier molecular flexibility index (Phi) is 4.35. The lowest BCUT2D eigenvalue weighted by atomic mass is 10.3. The van der Waals surface area contributed by atoms with Gasteiger partial charge in [-0.1, -0.05) is 11.3 Å². The minimum atomic E-state index is -3.80. The zero-order chi connectivity index (χ0) is 19.2. The molecule has 27 heavy (non-hydrogen) atoms. The fraction of sp³-hybridized carbons (Fsp3) is 0.278. The maximum atomic E-state index is 12.7. The van der Waals surface area contributed by atoms with Crippen molar-refractivity contribution < 1.29 is 17.9 Å². The molecule has 4 rings (SSSR count). The van der Waals surface area contributed by atoms with E-state index >= 15 is 0 Å². The van der Waals surface area contributed by atoms with Gasteiger partial charge in [0.05, 0.1) is 20.8 Å². The summed E-state index contributed by atoms with van der Waals surface area (Å²) in [4.78, 5) is 12.2. The minimum Gasteiger partial charge on any atom is -0.486 e. The lowest BCUT2D eigenvalue weighted by Crippen LogP contribution is -2.17. The molecule has 0 saturated heterocycles. The molecule has 0 unspecified atom stereocenters. The van der Waals surface area contributed by atoms with Crippen LogP contribution in [0.4, 0.5) is 5.69 Å². The van der Waals surface area contributed by atoms with E-state index < -0.39 is 10.0 Å². The first-order valence-electron chi connectivity index (χ1n) is 8.43. The first-order valence-corrected chi connectivity index (χ1v) is 10.7. The highest BCUT2D eigenvalue weighted by Crippen LogP contribution is 2.33. The van der Waals surface area contributed by atoms with E-state index in [2.05, 4.69) is 4.72 Å². The van der Waals surface area contributed by atoms with Crippen LogP contribution in [0, 0.1) is 0 Å². The van der Waals surface area contributed by atoms with Crippen molar-refractivity contribution in [3.63, 3.8) is 0 Å². The van der Waals surface area contributed by atoms with Crippen LogP contribution in [0.2, 0.25) is 0 Å². The Hall–Kier alpha value is -2.52. The van der Waals surface area contributed by atoms with Crippen molar-refractivity contribution in [2.24, 2.45) is 0 Å². The molecule has 1 aromatic heterocycles. The SMILES string of the molecule is CC(C)n1c(=O)sc2cc(NS(=O)(=O)c3ccc4c(c3)OCCO4)ccc21. The van der Waals surface area contributed by atoms with Gasteiger partial charge in [0.1, 0.15) is 13.2 Å². The summed E-state index contributed by atoms with van der Waals surface area (Å²) in [5.41, 5.74) is 1.19. The molecular weight excluding hydrogens is 388 g/mol. The largest absolute Gasteiger partial charge is 0.486 e. The van der Waals surface area contributed by atoms with E-state index in [4.69, 9.17) is 9.47 Å². The summed E-state index contributed by atoms with van der Waals surface area (Å²) in [6.45, 7) is 4.70. The molecule has 0 saturated carbocycles. The highest BCUT2D eigenvalue weighted by atomic mass is 32.2. The number of sulfonamides is 1. The van der Waals surface area contributed by atoms with Crippen molar-refractivity contribution in [3.8, 4) is 11.5 Å². The fourth-order valence-corrected chi connectivity index (χ4v) is 5.11. The Labute approximate surface area is 160 Å². The average molecular weight is 406 g/mol. The molecule has 0 spiro atoms. The standard InChI is InChI=1S/C18H18N2O5S2/c1-11(2)20-14-5-3-12(9-17(14)26-18(20)21)19-27(22,23)13-4-6-15-16(10-13)25-8-7-24-15/h3-6,9-11,19H,7-8H2,1-2H3. The maximum absolute atomic E-state index is 12.7. The predicted molar refractivity (Wildman–Crippen MR) is 105 cm³/mol. The van der Waals surface area contributed by atoms with Gasteiger partial charge in [-0.05, 0) is 44.2 Å².